The molecule has 0 aromatic carbocycles. The Bertz CT molecular complexity index is 629. The largest absolute Gasteiger partial charge is 0.382 e. The van der Waals surface area contributed by atoms with Crippen molar-refractivity contribution in [1.82, 2.24) is 20.3 Å². The number of sulfone groups is 1. The predicted octanol–water partition coefficient (Wildman–Crippen LogP) is 0.148. The third-order valence-corrected chi connectivity index (χ3v) is 3.77. The smallest absolute Gasteiger partial charge is 0.276 e. The van der Waals surface area contributed by atoms with Gasteiger partial charge in [0.1, 0.15) is 16.8 Å². The second-order valence-electron chi connectivity index (χ2n) is 3.64. The maximum absolute atomic E-state index is 11.3. The normalized spacial score (nSPS) is 13.8. The van der Waals surface area contributed by atoms with Crippen LogP contribution >= 0.6 is 0 Å². The number of hydrogen-bond acceptors (Lipinski definition) is 7. The van der Waals surface area contributed by atoms with E-state index in [4.69, 9.17) is 10.3 Å². The second-order valence-corrected chi connectivity index (χ2v) is 6.00. The molecule has 1 unspecified atom stereocenters. The van der Waals surface area contributed by atoms with Crippen molar-refractivity contribution in [3.63, 3.8) is 0 Å². The highest BCUT2D eigenvalue weighted by Gasteiger charge is 2.23. The summed E-state index contributed by atoms with van der Waals surface area (Å²) in [7, 11) is -3.26. The molecule has 9 heteroatoms. The summed E-state index contributed by atoms with van der Waals surface area (Å²) < 4.78 is 27.6. The highest BCUT2D eigenvalue weighted by Crippen LogP contribution is 2.22. The highest BCUT2D eigenvalue weighted by molar-refractivity contribution is 7.90. The van der Waals surface area contributed by atoms with E-state index in [1.54, 1.807) is 0 Å². The van der Waals surface area contributed by atoms with Crippen molar-refractivity contribution in [2.45, 2.75) is 12.2 Å². The summed E-state index contributed by atoms with van der Waals surface area (Å²) >= 11 is 0. The Balaban J connectivity index is 2.34. The Kier molecular flexibility index (Phi) is 2.62. The highest BCUT2D eigenvalue weighted by atomic mass is 32.2. The minimum Gasteiger partial charge on any atom is -0.382 e. The van der Waals surface area contributed by atoms with Crippen LogP contribution in [0.5, 0.6) is 0 Å². The van der Waals surface area contributed by atoms with E-state index in [0.717, 1.165) is 6.26 Å². The van der Waals surface area contributed by atoms with Gasteiger partial charge in [-0.15, -0.1) is 0 Å². The van der Waals surface area contributed by atoms with Crippen molar-refractivity contribution in [2.75, 3.05) is 12.0 Å². The fourth-order valence-corrected chi connectivity index (χ4v) is 1.63. The summed E-state index contributed by atoms with van der Waals surface area (Å²) in [6.45, 7) is 1.49. The first-order chi connectivity index (χ1) is 7.88. The van der Waals surface area contributed by atoms with E-state index < -0.39 is 15.1 Å². The Morgan fingerprint density at radius 1 is 1.53 bits per heavy atom. The van der Waals surface area contributed by atoms with Gasteiger partial charge in [-0.1, -0.05) is 5.16 Å². The van der Waals surface area contributed by atoms with Crippen molar-refractivity contribution in [3.05, 3.63) is 11.9 Å². The number of nitrogen functional groups attached to an aromatic ring is 1. The molecule has 0 aliphatic rings. The number of nitrogens with two attached hydrogens (primary N) is 1. The van der Waals surface area contributed by atoms with Crippen molar-refractivity contribution < 1.29 is 12.9 Å². The Morgan fingerprint density at radius 3 is 2.76 bits per heavy atom. The van der Waals surface area contributed by atoms with E-state index in [-0.39, 0.29) is 17.5 Å². The fraction of sp³-hybridized carbons (Fsp3) is 0.375. The summed E-state index contributed by atoms with van der Waals surface area (Å²) in [5.74, 6) is 0.547. The van der Waals surface area contributed by atoms with Gasteiger partial charge in [-0.2, -0.15) is 10.1 Å². The third-order valence-electron chi connectivity index (χ3n) is 2.28. The van der Waals surface area contributed by atoms with Crippen LogP contribution in [0, 0.1) is 0 Å². The maximum Gasteiger partial charge on any atom is 0.276 e. The second kappa shape index (κ2) is 3.84. The van der Waals surface area contributed by atoms with E-state index in [9.17, 15) is 8.42 Å². The van der Waals surface area contributed by atoms with E-state index in [1.165, 1.54) is 13.0 Å². The molecule has 2 rings (SSSR count). The molecule has 8 nitrogen and oxygen atoms in total. The average Bonchev–Trinajstić information content (AvgIpc) is 2.83. The SMILES string of the molecule is CC(c1noc(-c2cc(N)n[nH]2)n1)S(C)(=O)=O. The number of aromatic amines is 1. The molecule has 0 radical (unpaired) electrons. The van der Waals surface area contributed by atoms with Gasteiger partial charge in [0.25, 0.3) is 5.89 Å². The zero-order chi connectivity index (χ0) is 12.6. The molecule has 0 bridgehead atoms. The molecule has 0 aliphatic heterocycles. The molecule has 0 amide bonds. The molecule has 2 aromatic rings. The molecule has 0 saturated heterocycles. The number of aromatic nitrogens is 4. The van der Waals surface area contributed by atoms with Gasteiger partial charge in [0, 0.05) is 12.3 Å². The van der Waals surface area contributed by atoms with Crippen LogP contribution in [0.1, 0.15) is 18.0 Å². The summed E-state index contributed by atoms with van der Waals surface area (Å²) in [6, 6.07) is 1.52. The average molecular weight is 257 g/mol. The van der Waals surface area contributed by atoms with Crippen LogP contribution in [0.2, 0.25) is 0 Å². The van der Waals surface area contributed by atoms with Crippen LogP contribution in [0.25, 0.3) is 11.6 Å². The topological polar surface area (TPSA) is 128 Å². The maximum atomic E-state index is 11.3. The molecule has 0 saturated carbocycles. The van der Waals surface area contributed by atoms with Gasteiger partial charge in [0.05, 0.1) is 0 Å². The van der Waals surface area contributed by atoms with E-state index >= 15 is 0 Å². The Morgan fingerprint density at radius 2 is 2.24 bits per heavy atom. The van der Waals surface area contributed by atoms with E-state index in [0.29, 0.717) is 5.69 Å². The van der Waals surface area contributed by atoms with Gasteiger partial charge in [0.2, 0.25) is 0 Å². The van der Waals surface area contributed by atoms with Gasteiger partial charge in [-0.05, 0) is 6.92 Å². The molecule has 0 spiro atoms. The van der Waals surface area contributed by atoms with Crippen LogP contribution in [-0.4, -0.2) is 35.0 Å². The summed E-state index contributed by atoms with van der Waals surface area (Å²) in [6.07, 6.45) is 1.11. The molecule has 2 heterocycles. The number of rotatable bonds is 3. The first kappa shape index (κ1) is 11.6. The molecule has 17 heavy (non-hydrogen) atoms. The number of nitrogens with one attached hydrogen (secondary N) is 1. The lowest BCUT2D eigenvalue weighted by Crippen LogP contribution is -2.09. The van der Waals surface area contributed by atoms with Gasteiger partial charge in [-0.3, -0.25) is 5.10 Å². The summed E-state index contributed by atoms with van der Waals surface area (Å²) in [5.41, 5.74) is 5.87. The lowest BCUT2D eigenvalue weighted by Gasteiger charge is -2.01. The minimum atomic E-state index is -3.26. The molecular formula is C8H11N5O3S. The first-order valence-corrected chi connectivity index (χ1v) is 6.67. The van der Waals surface area contributed by atoms with Gasteiger partial charge < -0.3 is 10.3 Å². The molecule has 0 fully saturated rings. The monoisotopic (exact) mass is 257 g/mol. The van der Waals surface area contributed by atoms with E-state index in [2.05, 4.69) is 20.3 Å². The van der Waals surface area contributed by atoms with Crippen molar-refractivity contribution in [3.8, 4) is 11.6 Å². The zero-order valence-electron chi connectivity index (χ0n) is 9.21. The van der Waals surface area contributed by atoms with Crippen molar-refractivity contribution in [1.29, 1.82) is 0 Å². The molecule has 3 N–H and O–H groups in total. The zero-order valence-corrected chi connectivity index (χ0v) is 10.0. The number of H-pyrrole nitrogens is 1. The van der Waals surface area contributed by atoms with E-state index in [1.807, 2.05) is 0 Å². The molecule has 2 aromatic heterocycles. The molecule has 0 aliphatic carbocycles. The molecular weight excluding hydrogens is 246 g/mol. The van der Waals surface area contributed by atoms with Gasteiger partial charge >= 0.3 is 0 Å². The molecule has 92 valence electrons. The fourth-order valence-electron chi connectivity index (χ4n) is 1.15. The standard InChI is InChI=1S/C8H11N5O3S/c1-4(17(2,14)15)7-10-8(16-13-7)5-3-6(9)12-11-5/h3-4H,1-2H3,(H3,9,11,12). The van der Waals surface area contributed by atoms with Crippen LogP contribution in [0.15, 0.2) is 10.6 Å². The van der Waals surface area contributed by atoms with Crippen LogP contribution < -0.4 is 5.73 Å². The number of nitrogens with zero attached hydrogens (tertiary/aromatic N) is 3. The van der Waals surface area contributed by atoms with Gasteiger partial charge in [-0.25, -0.2) is 8.42 Å². The quantitative estimate of drug-likeness (QED) is 0.800. The number of anilines is 1. The summed E-state index contributed by atoms with van der Waals surface area (Å²) in [5, 5.41) is 9.09. The third kappa shape index (κ3) is 2.28. The van der Waals surface area contributed by atoms with Crippen LogP contribution in [0.4, 0.5) is 5.82 Å². The van der Waals surface area contributed by atoms with Crippen molar-refractivity contribution in [2.24, 2.45) is 0 Å². The number of hydrogen-bond donors (Lipinski definition) is 2. The van der Waals surface area contributed by atoms with Crippen LogP contribution in [-0.2, 0) is 9.84 Å². The first-order valence-electron chi connectivity index (χ1n) is 4.71. The lowest BCUT2D eigenvalue weighted by molar-refractivity contribution is 0.420. The molecule has 1 atom stereocenters. The Hall–Kier alpha value is -1.90. The summed E-state index contributed by atoms with van der Waals surface area (Å²) in [4.78, 5) is 3.98. The van der Waals surface area contributed by atoms with Gasteiger partial charge in [0.15, 0.2) is 15.7 Å². The minimum absolute atomic E-state index is 0.107. The Labute approximate surface area is 97.1 Å². The lowest BCUT2D eigenvalue weighted by atomic mass is 10.4. The van der Waals surface area contributed by atoms with Crippen molar-refractivity contribution >= 4 is 15.7 Å². The van der Waals surface area contributed by atoms with Crippen LogP contribution in [0.3, 0.4) is 0 Å². The predicted molar refractivity (Wildman–Crippen MR) is 59.6 cm³/mol.